The monoisotopic (exact) mass is 288 g/mol. The van der Waals surface area contributed by atoms with Crippen molar-refractivity contribution in [2.75, 3.05) is 24.6 Å². The molecule has 0 aromatic heterocycles. The first kappa shape index (κ1) is 14.7. The van der Waals surface area contributed by atoms with Crippen LogP contribution < -0.4 is 9.64 Å². The zero-order chi connectivity index (χ0) is 14.7. The van der Waals surface area contributed by atoms with Crippen LogP contribution in [0.4, 0.5) is 5.69 Å². The van der Waals surface area contributed by atoms with E-state index >= 15 is 0 Å². The molecule has 3 heteroatoms. The van der Waals surface area contributed by atoms with Crippen LogP contribution in [0.3, 0.4) is 0 Å². The number of benzene rings is 1. The number of rotatable bonds is 3. The molecule has 2 aliphatic rings. The molecular formula is C18H26NO2. The van der Waals surface area contributed by atoms with Crippen LogP contribution in [-0.2, 0) is 4.74 Å². The van der Waals surface area contributed by atoms with Gasteiger partial charge in [0.25, 0.3) is 0 Å². The van der Waals surface area contributed by atoms with Gasteiger partial charge in [0.1, 0.15) is 5.75 Å². The van der Waals surface area contributed by atoms with Crippen molar-refractivity contribution in [1.82, 2.24) is 0 Å². The highest BCUT2D eigenvalue weighted by Gasteiger charge is 2.25. The van der Waals surface area contributed by atoms with E-state index in [1.54, 1.807) is 0 Å². The van der Waals surface area contributed by atoms with Crippen molar-refractivity contribution in [2.45, 2.75) is 52.2 Å². The molecule has 115 valence electrons. The van der Waals surface area contributed by atoms with Crippen molar-refractivity contribution in [2.24, 2.45) is 5.41 Å². The molecule has 1 aromatic carbocycles. The van der Waals surface area contributed by atoms with Gasteiger partial charge in [-0.1, -0.05) is 13.8 Å². The van der Waals surface area contributed by atoms with Gasteiger partial charge in [0.05, 0.1) is 6.61 Å². The number of nitrogens with zero attached hydrogens (tertiary/aromatic N) is 1. The van der Waals surface area contributed by atoms with Crippen LogP contribution in [0.25, 0.3) is 0 Å². The van der Waals surface area contributed by atoms with E-state index in [2.05, 4.69) is 36.9 Å². The summed E-state index contributed by atoms with van der Waals surface area (Å²) in [4.78, 5) is 2.45. The summed E-state index contributed by atoms with van der Waals surface area (Å²) >= 11 is 0. The Morgan fingerprint density at radius 2 is 2.10 bits per heavy atom. The minimum absolute atomic E-state index is 0.0921. The van der Waals surface area contributed by atoms with Crippen molar-refractivity contribution < 1.29 is 9.47 Å². The number of hydrogen-bond donors (Lipinski definition) is 0. The molecule has 2 aliphatic heterocycles. The molecule has 21 heavy (non-hydrogen) atoms. The van der Waals surface area contributed by atoms with Gasteiger partial charge in [0, 0.05) is 37.3 Å². The average Bonchev–Trinajstić information content (AvgIpc) is 2.48. The first-order valence-electron chi connectivity index (χ1n) is 8.17. The van der Waals surface area contributed by atoms with Crippen LogP contribution in [0.2, 0.25) is 0 Å². The molecule has 0 aliphatic carbocycles. The molecule has 2 saturated heterocycles. The fraction of sp³-hybridized carbons (Fsp3) is 0.667. The first-order valence-corrected chi connectivity index (χ1v) is 8.17. The number of anilines is 1. The predicted octanol–water partition coefficient (Wildman–Crippen LogP) is 4.02. The highest BCUT2D eigenvalue weighted by Crippen LogP contribution is 2.33. The van der Waals surface area contributed by atoms with Crippen LogP contribution in [-0.4, -0.2) is 26.0 Å². The molecule has 0 bridgehead atoms. The lowest BCUT2D eigenvalue weighted by molar-refractivity contribution is -0.106. The number of piperidine rings is 1. The summed E-state index contributed by atoms with van der Waals surface area (Å²) in [7, 11) is 0. The normalized spacial score (nSPS) is 25.6. The van der Waals surface area contributed by atoms with E-state index in [1.807, 2.05) is 6.07 Å². The summed E-state index contributed by atoms with van der Waals surface area (Å²) in [5.74, 6) is 0.809. The van der Waals surface area contributed by atoms with E-state index in [9.17, 15) is 0 Å². The summed E-state index contributed by atoms with van der Waals surface area (Å²) in [6.45, 7) is 7.77. The van der Waals surface area contributed by atoms with Crippen LogP contribution in [0.5, 0.6) is 5.75 Å². The molecule has 0 spiro atoms. The summed E-state index contributed by atoms with van der Waals surface area (Å²) in [5, 5.41) is 0. The van der Waals surface area contributed by atoms with Crippen LogP contribution >= 0.6 is 0 Å². The number of ether oxygens (including phenoxy) is 2. The van der Waals surface area contributed by atoms with Crippen LogP contribution in [0, 0.1) is 11.5 Å². The van der Waals surface area contributed by atoms with E-state index in [1.165, 1.54) is 24.9 Å². The molecule has 2 heterocycles. The highest BCUT2D eigenvalue weighted by atomic mass is 16.7. The Morgan fingerprint density at radius 3 is 2.81 bits per heavy atom. The third-order valence-electron chi connectivity index (χ3n) is 4.64. The van der Waals surface area contributed by atoms with Gasteiger partial charge in [0.2, 0.25) is 0 Å². The third-order valence-corrected chi connectivity index (χ3v) is 4.64. The maximum Gasteiger partial charge on any atom is 0.199 e. The molecule has 3 rings (SSSR count). The largest absolute Gasteiger partial charge is 0.464 e. The number of hydrogen-bond acceptors (Lipinski definition) is 3. The SMILES string of the molecule is CC1(C)CCN(c2cc[c]c(OC3CCCCO3)c2)CC1. The summed E-state index contributed by atoms with van der Waals surface area (Å²) in [6, 6.07) is 9.39. The van der Waals surface area contributed by atoms with Crippen LogP contribution in [0.1, 0.15) is 46.0 Å². The van der Waals surface area contributed by atoms with Gasteiger partial charge in [-0.15, -0.1) is 0 Å². The Hall–Kier alpha value is -1.22. The minimum atomic E-state index is -0.0921. The Labute approximate surface area is 128 Å². The molecular weight excluding hydrogens is 262 g/mol. The Kier molecular flexibility index (Phi) is 4.39. The predicted molar refractivity (Wildman–Crippen MR) is 84.7 cm³/mol. The van der Waals surface area contributed by atoms with Gasteiger partial charge >= 0.3 is 0 Å². The zero-order valence-corrected chi connectivity index (χ0v) is 13.2. The zero-order valence-electron chi connectivity index (χ0n) is 13.2. The molecule has 1 aromatic rings. The van der Waals surface area contributed by atoms with Gasteiger partial charge in [0.15, 0.2) is 6.29 Å². The lowest BCUT2D eigenvalue weighted by atomic mass is 9.82. The fourth-order valence-electron chi connectivity index (χ4n) is 3.01. The molecule has 1 unspecified atom stereocenters. The van der Waals surface area contributed by atoms with Gasteiger partial charge in [-0.05, 0) is 43.2 Å². The molecule has 1 atom stereocenters. The average molecular weight is 288 g/mol. The van der Waals surface area contributed by atoms with Crippen molar-refractivity contribution >= 4 is 5.69 Å². The third kappa shape index (κ3) is 3.91. The summed E-state index contributed by atoms with van der Waals surface area (Å²) < 4.78 is 11.6. The van der Waals surface area contributed by atoms with Crippen molar-refractivity contribution in [1.29, 1.82) is 0 Å². The first-order chi connectivity index (χ1) is 10.1. The van der Waals surface area contributed by atoms with Crippen molar-refractivity contribution in [3.63, 3.8) is 0 Å². The Bertz CT molecular complexity index is 456. The summed E-state index contributed by atoms with van der Waals surface area (Å²) in [5.41, 5.74) is 1.72. The van der Waals surface area contributed by atoms with E-state index < -0.39 is 0 Å². The summed E-state index contributed by atoms with van der Waals surface area (Å²) in [6.07, 6.45) is 5.71. The maximum atomic E-state index is 5.92. The lowest BCUT2D eigenvalue weighted by Crippen LogP contribution is -2.37. The topological polar surface area (TPSA) is 21.7 Å². The van der Waals surface area contributed by atoms with Gasteiger partial charge in [-0.25, -0.2) is 0 Å². The minimum Gasteiger partial charge on any atom is -0.464 e. The standard InChI is InChI=1S/C18H26NO2/c1-18(2)9-11-19(12-10-18)15-6-5-7-16(14-15)21-17-8-3-4-13-20-17/h5-6,14,17H,3-4,8-13H2,1-2H3. The van der Waals surface area contributed by atoms with E-state index in [4.69, 9.17) is 9.47 Å². The quantitative estimate of drug-likeness (QED) is 0.838. The molecule has 0 amide bonds. The van der Waals surface area contributed by atoms with Crippen molar-refractivity contribution in [3.8, 4) is 5.75 Å². The molecule has 0 N–H and O–H groups in total. The van der Waals surface area contributed by atoms with Gasteiger partial charge < -0.3 is 14.4 Å². The fourth-order valence-corrected chi connectivity index (χ4v) is 3.01. The van der Waals surface area contributed by atoms with Crippen molar-refractivity contribution in [3.05, 3.63) is 24.3 Å². The van der Waals surface area contributed by atoms with E-state index in [-0.39, 0.29) is 6.29 Å². The van der Waals surface area contributed by atoms with Gasteiger partial charge in [-0.2, -0.15) is 0 Å². The lowest BCUT2D eigenvalue weighted by Gasteiger charge is -2.38. The second-order valence-corrected chi connectivity index (χ2v) is 6.98. The maximum absolute atomic E-state index is 5.92. The Morgan fingerprint density at radius 1 is 1.29 bits per heavy atom. The van der Waals surface area contributed by atoms with E-state index in [0.717, 1.165) is 38.3 Å². The van der Waals surface area contributed by atoms with Gasteiger partial charge in [-0.3, -0.25) is 0 Å². The molecule has 1 radical (unpaired) electrons. The highest BCUT2D eigenvalue weighted by molar-refractivity contribution is 5.50. The molecule has 3 nitrogen and oxygen atoms in total. The second kappa shape index (κ2) is 6.27. The van der Waals surface area contributed by atoms with E-state index in [0.29, 0.717) is 5.41 Å². The smallest absolute Gasteiger partial charge is 0.199 e. The Balaban J connectivity index is 1.63. The molecule has 0 saturated carbocycles. The second-order valence-electron chi connectivity index (χ2n) is 6.98. The van der Waals surface area contributed by atoms with Crippen LogP contribution in [0.15, 0.2) is 18.2 Å². The molecule has 2 fully saturated rings.